The maximum Gasteiger partial charge on any atom is 0.246 e. The summed E-state index contributed by atoms with van der Waals surface area (Å²) in [6.07, 6.45) is 0.0161. The van der Waals surface area contributed by atoms with Crippen molar-refractivity contribution < 1.29 is 14.0 Å². The van der Waals surface area contributed by atoms with Crippen LogP contribution in [0.3, 0.4) is 0 Å². The average Bonchev–Trinajstić information content (AvgIpc) is 2.97. The van der Waals surface area contributed by atoms with Crippen molar-refractivity contribution in [3.05, 3.63) is 30.2 Å². The van der Waals surface area contributed by atoms with E-state index in [1.807, 2.05) is 31.2 Å². The highest BCUT2D eigenvalue weighted by Crippen LogP contribution is 2.25. The lowest BCUT2D eigenvalue weighted by Crippen LogP contribution is -2.40. The van der Waals surface area contributed by atoms with Crippen LogP contribution in [0.4, 0.5) is 0 Å². The second-order valence-corrected chi connectivity index (χ2v) is 4.70. The van der Waals surface area contributed by atoms with Gasteiger partial charge in [-0.25, -0.2) is 0 Å². The van der Waals surface area contributed by atoms with Gasteiger partial charge in [-0.2, -0.15) is 4.98 Å². The van der Waals surface area contributed by atoms with Crippen LogP contribution >= 0.6 is 12.4 Å². The van der Waals surface area contributed by atoms with Gasteiger partial charge in [-0.1, -0.05) is 17.3 Å². The Hall–Kier alpha value is -1.63. The van der Waals surface area contributed by atoms with Crippen molar-refractivity contribution >= 4 is 12.4 Å². The Morgan fingerprint density at radius 1 is 1.38 bits per heavy atom. The Kier molecular flexibility index (Phi) is 5.17. The molecule has 1 aliphatic rings. The summed E-state index contributed by atoms with van der Waals surface area (Å²) in [5, 5.41) is 7.36. The van der Waals surface area contributed by atoms with Crippen molar-refractivity contribution in [2.45, 2.75) is 19.1 Å². The van der Waals surface area contributed by atoms with Crippen molar-refractivity contribution in [1.29, 1.82) is 0 Å². The number of nitrogens with zero attached hydrogens (tertiary/aromatic N) is 2. The molecule has 2 aromatic rings. The molecule has 7 heteroatoms. The summed E-state index contributed by atoms with van der Waals surface area (Å²) < 4.78 is 16.1. The highest BCUT2D eigenvalue weighted by Gasteiger charge is 2.28. The fourth-order valence-corrected chi connectivity index (χ4v) is 2.25. The van der Waals surface area contributed by atoms with Crippen LogP contribution in [-0.2, 0) is 4.74 Å². The van der Waals surface area contributed by atoms with Crippen molar-refractivity contribution in [3.8, 4) is 17.1 Å². The Morgan fingerprint density at radius 2 is 2.24 bits per heavy atom. The molecular formula is C14H18ClN3O3. The molecule has 0 aliphatic carbocycles. The van der Waals surface area contributed by atoms with Crippen LogP contribution < -0.4 is 10.1 Å². The first kappa shape index (κ1) is 15.8. The number of halogens is 1. The first-order chi connectivity index (χ1) is 9.78. The lowest BCUT2D eigenvalue weighted by atomic mass is 10.1. The second-order valence-electron chi connectivity index (χ2n) is 4.70. The minimum Gasteiger partial charge on any atom is -0.497 e. The maximum atomic E-state index is 5.59. The third kappa shape index (κ3) is 3.34. The van der Waals surface area contributed by atoms with Gasteiger partial charge in [0, 0.05) is 12.1 Å². The SMILES string of the molecule is COc1cccc(-c2noc([C@H]3NCCO[C@@H]3C)n2)c1.Cl. The summed E-state index contributed by atoms with van der Waals surface area (Å²) in [5.74, 6) is 1.87. The summed E-state index contributed by atoms with van der Waals surface area (Å²) in [4.78, 5) is 4.45. The number of methoxy groups -OCH3 is 1. The number of nitrogens with one attached hydrogen (secondary N) is 1. The summed E-state index contributed by atoms with van der Waals surface area (Å²) >= 11 is 0. The van der Waals surface area contributed by atoms with Gasteiger partial charge in [0.25, 0.3) is 0 Å². The zero-order valence-corrected chi connectivity index (χ0v) is 12.7. The standard InChI is InChI=1S/C14H17N3O3.ClH/c1-9-12(15-6-7-19-9)14-16-13(17-20-14)10-4-3-5-11(8-10)18-2;/h3-5,8-9,12,15H,6-7H2,1-2H3;1H/t9-,12+;/m1./s1. The zero-order chi connectivity index (χ0) is 13.9. The monoisotopic (exact) mass is 311 g/mol. The number of hydrogen-bond acceptors (Lipinski definition) is 6. The van der Waals surface area contributed by atoms with Gasteiger partial charge in [-0.05, 0) is 19.1 Å². The molecule has 0 amide bonds. The van der Waals surface area contributed by atoms with E-state index in [1.165, 1.54) is 0 Å². The molecular weight excluding hydrogens is 294 g/mol. The van der Waals surface area contributed by atoms with E-state index in [1.54, 1.807) is 7.11 Å². The highest BCUT2D eigenvalue weighted by atomic mass is 35.5. The van der Waals surface area contributed by atoms with Gasteiger partial charge >= 0.3 is 0 Å². The molecule has 114 valence electrons. The molecule has 2 atom stereocenters. The van der Waals surface area contributed by atoms with Gasteiger partial charge in [0.05, 0.1) is 19.8 Å². The minimum absolute atomic E-state index is 0. The largest absolute Gasteiger partial charge is 0.497 e. The fraction of sp³-hybridized carbons (Fsp3) is 0.429. The Morgan fingerprint density at radius 3 is 3.00 bits per heavy atom. The van der Waals surface area contributed by atoms with E-state index in [9.17, 15) is 0 Å². The van der Waals surface area contributed by atoms with E-state index in [2.05, 4.69) is 15.5 Å². The number of morpholine rings is 1. The van der Waals surface area contributed by atoms with E-state index in [-0.39, 0.29) is 24.6 Å². The molecule has 2 heterocycles. The van der Waals surface area contributed by atoms with E-state index < -0.39 is 0 Å². The molecule has 1 saturated heterocycles. The average molecular weight is 312 g/mol. The van der Waals surface area contributed by atoms with Crippen molar-refractivity contribution in [2.24, 2.45) is 0 Å². The molecule has 6 nitrogen and oxygen atoms in total. The van der Waals surface area contributed by atoms with Gasteiger partial charge in [0.2, 0.25) is 11.7 Å². The number of benzene rings is 1. The molecule has 1 aliphatic heterocycles. The number of aromatic nitrogens is 2. The highest BCUT2D eigenvalue weighted by molar-refractivity contribution is 5.85. The first-order valence-electron chi connectivity index (χ1n) is 6.61. The third-order valence-electron chi connectivity index (χ3n) is 3.35. The van der Waals surface area contributed by atoms with Gasteiger partial charge in [-0.3, -0.25) is 0 Å². The van der Waals surface area contributed by atoms with Crippen LogP contribution in [0.5, 0.6) is 5.75 Å². The molecule has 1 aromatic heterocycles. The van der Waals surface area contributed by atoms with E-state index in [0.717, 1.165) is 17.9 Å². The molecule has 1 N–H and O–H groups in total. The van der Waals surface area contributed by atoms with Crippen LogP contribution in [0.25, 0.3) is 11.4 Å². The van der Waals surface area contributed by atoms with Crippen LogP contribution in [0.1, 0.15) is 18.9 Å². The maximum absolute atomic E-state index is 5.59. The summed E-state index contributed by atoms with van der Waals surface area (Å²) in [5.41, 5.74) is 0.865. The fourth-order valence-electron chi connectivity index (χ4n) is 2.25. The summed E-state index contributed by atoms with van der Waals surface area (Å²) in [6.45, 7) is 3.48. The van der Waals surface area contributed by atoms with Gasteiger partial charge in [0.1, 0.15) is 11.8 Å². The number of hydrogen-bond donors (Lipinski definition) is 1. The number of ether oxygens (including phenoxy) is 2. The quantitative estimate of drug-likeness (QED) is 0.937. The van der Waals surface area contributed by atoms with E-state index >= 15 is 0 Å². The van der Waals surface area contributed by atoms with Crippen molar-refractivity contribution in [2.75, 3.05) is 20.3 Å². The van der Waals surface area contributed by atoms with Crippen molar-refractivity contribution in [3.63, 3.8) is 0 Å². The molecule has 21 heavy (non-hydrogen) atoms. The van der Waals surface area contributed by atoms with E-state index in [0.29, 0.717) is 18.3 Å². The summed E-state index contributed by atoms with van der Waals surface area (Å²) in [7, 11) is 1.63. The third-order valence-corrected chi connectivity index (χ3v) is 3.35. The molecule has 1 fully saturated rings. The lowest BCUT2D eigenvalue weighted by molar-refractivity contribution is -0.00136. The Balaban J connectivity index is 0.00000161. The van der Waals surface area contributed by atoms with Crippen LogP contribution in [0.2, 0.25) is 0 Å². The Labute approximate surface area is 129 Å². The number of rotatable bonds is 3. The predicted molar refractivity (Wildman–Crippen MR) is 79.7 cm³/mol. The first-order valence-corrected chi connectivity index (χ1v) is 6.61. The molecule has 0 saturated carbocycles. The molecule has 0 bridgehead atoms. The molecule has 0 unspecified atom stereocenters. The van der Waals surface area contributed by atoms with Crippen molar-refractivity contribution in [1.82, 2.24) is 15.5 Å². The van der Waals surface area contributed by atoms with Crippen LogP contribution in [0, 0.1) is 0 Å². The second kappa shape index (κ2) is 6.89. The van der Waals surface area contributed by atoms with Gasteiger partial charge < -0.3 is 19.3 Å². The molecule has 1 aromatic carbocycles. The van der Waals surface area contributed by atoms with Gasteiger partial charge in [0.15, 0.2) is 0 Å². The lowest BCUT2D eigenvalue weighted by Gasteiger charge is -2.27. The smallest absolute Gasteiger partial charge is 0.246 e. The minimum atomic E-state index is -0.0596. The zero-order valence-electron chi connectivity index (χ0n) is 11.9. The Bertz CT molecular complexity index is 590. The summed E-state index contributed by atoms with van der Waals surface area (Å²) in [6, 6.07) is 7.52. The van der Waals surface area contributed by atoms with Crippen LogP contribution in [0.15, 0.2) is 28.8 Å². The van der Waals surface area contributed by atoms with Gasteiger partial charge in [-0.15, -0.1) is 12.4 Å². The molecule has 0 radical (unpaired) electrons. The predicted octanol–water partition coefficient (Wildman–Crippen LogP) is 2.22. The molecule has 3 rings (SSSR count). The topological polar surface area (TPSA) is 69.4 Å². The van der Waals surface area contributed by atoms with Crippen LogP contribution in [-0.4, -0.2) is 36.5 Å². The van der Waals surface area contributed by atoms with E-state index in [4.69, 9.17) is 14.0 Å². The molecule has 0 spiro atoms. The normalized spacial score (nSPS) is 21.6.